The fraction of sp³-hybridized carbons (Fsp3) is 0.579. The fourth-order valence-corrected chi connectivity index (χ4v) is 3.14. The Morgan fingerprint density at radius 3 is 2.16 bits per heavy atom. The first-order chi connectivity index (χ1) is 11.9. The minimum absolute atomic E-state index is 0.218. The molecule has 0 radical (unpaired) electrons. The Bertz CT molecular complexity index is 570. The van der Waals surface area contributed by atoms with E-state index in [4.69, 9.17) is 4.74 Å². The molecule has 2 atom stereocenters. The Morgan fingerprint density at radius 1 is 1.00 bits per heavy atom. The molecule has 6 heteroatoms. The molecule has 0 bridgehead atoms. The van der Waals surface area contributed by atoms with E-state index in [1.807, 2.05) is 26.0 Å². The Kier molecular flexibility index (Phi) is 6.82. The topological polar surface area (TPSA) is 71.1 Å². The highest BCUT2D eigenvalue weighted by Gasteiger charge is 2.32. The highest BCUT2D eigenvalue weighted by molar-refractivity contribution is 5.88. The molecule has 2 unspecified atom stereocenters. The van der Waals surface area contributed by atoms with Crippen molar-refractivity contribution in [3.63, 3.8) is 0 Å². The van der Waals surface area contributed by atoms with Gasteiger partial charge in [0.15, 0.2) is 0 Å². The van der Waals surface area contributed by atoms with Crippen molar-refractivity contribution in [2.45, 2.75) is 59.0 Å². The van der Waals surface area contributed by atoms with E-state index in [9.17, 15) is 9.59 Å². The van der Waals surface area contributed by atoms with Crippen molar-refractivity contribution in [3.05, 3.63) is 35.4 Å². The van der Waals surface area contributed by atoms with E-state index >= 15 is 0 Å². The van der Waals surface area contributed by atoms with Crippen LogP contribution in [-0.4, -0.2) is 18.2 Å². The second-order valence-corrected chi connectivity index (χ2v) is 7.02. The third-order valence-electron chi connectivity index (χ3n) is 4.70. The molecule has 1 aliphatic rings. The van der Waals surface area contributed by atoms with Crippen LogP contribution in [0.4, 0.5) is 4.79 Å². The summed E-state index contributed by atoms with van der Waals surface area (Å²) in [7, 11) is 0. The van der Waals surface area contributed by atoms with Crippen LogP contribution in [0.15, 0.2) is 24.3 Å². The average Bonchev–Trinajstić information content (AvgIpc) is 2.58. The summed E-state index contributed by atoms with van der Waals surface area (Å²) in [6, 6.07) is 6.93. The molecule has 0 heterocycles. The summed E-state index contributed by atoms with van der Waals surface area (Å²) in [6.45, 7) is 8.19. The van der Waals surface area contributed by atoms with E-state index in [1.54, 1.807) is 12.1 Å². The number of carbonyl (C=O) groups is 2. The average molecular weight is 350 g/mol. The maximum atomic E-state index is 11.8. The lowest BCUT2D eigenvalue weighted by molar-refractivity contribution is -0.453. The van der Waals surface area contributed by atoms with Gasteiger partial charge in [0.25, 0.3) is 0 Å². The van der Waals surface area contributed by atoms with Gasteiger partial charge in [-0.15, -0.1) is 0 Å². The van der Waals surface area contributed by atoms with Crippen LogP contribution in [-0.2, 0) is 19.6 Å². The second-order valence-electron chi connectivity index (χ2n) is 7.02. The molecule has 1 aromatic rings. The van der Waals surface area contributed by atoms with E-state index in [-0.39, 0.29) is 17.9 Å². The van der Waals surface area contributed by atoms with Crippen LogP contribution in [0.5, 0.6) is 0 Å². The number of hydrogen-bond acceptors (Lipinski definition) is 6. The summed E-state index contributed by atoms with van der Waals surface area (Å²) >= 11 is 0. The lowest BCUT2D eigenvalue weighted by Gasteiger charge is -2.32. The second kappa shape index (κ2) is 8.85. The van der Waals surface area contributed by atoms with Crippen LogP contribution >= 0.6 is 0 Å². The molecular weight excluding hydrogens is 324 g/mol. The lowest BCUT2D eigenvalue weighted by Crippen LogP contribution is -2.35. The summed E-state index contributed by atoms with van der Waals surface area (Å²) < 4.78 is 5.27. The van der Waals surface area contributed by atoms with Crippen LogP contribution < -0.4 is 0 Å². The zero-order chi connectivity index (χ0) is 18.4. The number of rotatable bonds is 5. The van der Waals surface area contributed by atoms with Crippen molar-refractivity contribution < 1.29 is 29.1 Å². The van der Waals surface area contributed by atoms with Crippen LogP contribution in [0.1, 0.15) is 68.8 Å². The van der Waals surface area contributed by atoms with Gasteiger partial charge >= 0.3 is 12.1 Å². The summed E-state index contributed by atoms with van der Waals surface area (Å²) in [5.41, 5.74) is 1.41. The third-order valence-corrected chi connectivity index (χ3v) is 4.70. The smallest absolute Gasteiger partial charge is 0.428 e. The first-order valence-electron chi connectivity index (χ1n) is 8.74. The van der Waals surface area contributed by atoms with Crippen molar-refractivity contribution >= 4 is 12.1 Å². The largest absolute Gasteiger partial charge is 0.543 e. The van der Waals surface area contributed by atoms with Crippen LogP contribution in [0.2, 0.25) is 0 Å². The summed E-state index contributed by atoms with van der Waals surface area (Å²) in [5.74, 6) is 0.142. The van der Waals surface area contributed by atoms with Crippen LogP contribution in [0.3, 0.4) is 0 Å². The maximum Gasteiger partial charge on any atom is 0.543 e. The molecule has 0 saturated heterocycles. The third kappa shape index (κ3) is 5.46. The predicted octanol–water partition coefficient (Wildman–Crippen LogP) is 4.79. The quantitative estimate of drug-likeness (QED) is 0.432. The molecule has 6 nitrogen and oxygen atoms in total. The zero-order valence-corrected chi connectivity index (χ0v) is 15.2. The van der Waals surface area contributed by atoms with Gasteiger partial charge in [-0.05, 0) is 48.3 Å². The van der Waals surface area contributed by atoms with E-state index in [1.165, 1.54) is 0 Å². The molecule has 0 amide bonds. The van der Waals surface area contributed by atoms with Gasteiger partial charge in [0.05, 0.1) is 10.6 Å². The molecular formula is C19H26O6. The summed E-state index contributed by atoms with van der Waals surface area (Å²) in [5, 5.41) is 4.28. The molecule has 0 aliphatic heterocycles. The molecule has 0 N–H and O–H groups in total. The van der Waals surface area contributed by atoms with Gasteiger partial charge in [0.2, 0.25) is 0 Å². The molecule has 0 aromatic heterocycles. The molecule has 1 fully saturated rings. The summed E-state index contributed by atoms with van der Waals surface area (Å²) in [6.07, 6.45) is 1.91. The van der Waals surface area contributed by atoms with Crippen LogP contribution in [0, 0.1) is 11.8 Å². The van der Waals surface area contributed by atoms with Gasteiger partial charge in [-0.1, -0.05) is 46.2 Å². The lowest BCUT2D eigenvalue weighted by atomic mass is 9.81. The number of benzene rings is 1. The fourth-order valence-electron chi connectivity index (χ4n) is 3.14. The first kappa shape index (κ1) is 19.2. The molecule has 1 saturated carbocycles. The highest BCUT2D eigenvalue weighted by Crippen LogP contribution is 2.31. The van der Waals surface area contributed by atoms with Crippen molar-refractivity contribution in [1.29, 1.82) is 0 Å². The molecule has 1 aromatic carbocycles. The standard InChI is InChI=1S/C19H26O6/c1-12(2)15-8-10-16(11-9-15)18(20)23-25-24-19(21)22-17-13(3)6-5-7-14(17)4/h8-14,17H,5-7H2,1-4H3. The number of hydrogen-bond donors (Lipinski definition) is 0. The number of carbonyl (C=O) groups excluding carboxylic acids is 2. The minimum atomic E-state index is -1.01. The monoisotopic (exact) mass is 350 g/mol. The molecule has 138 valence electrons. The van der Waals surface area contributed by atoms with Gasteiger partial charge in [-0.3, -0.25) is 4.89 Å². The van der Waals surface area contributed by atoms with Gasteiger partial charge in [-0.2, -0.15) is 0 Å². The SMILES string of the molecule is CC(C)c1ccc(C(=O)OOOC(=O)OC2C(C)CCCC2C)cc1. The van der Waals surface area contributed by atoms with Gasteiger partial charge in [-0.25, -0.2) is 14.5 Å². The van der Waals surface area contributed by atoms with Crippen molar-refractivity contribution in [3.8, 4) is 0 Å². The van der Waals surface area contributed by atoms with E-state index in [2.05, 4.69) is 28.7 Å². The molecule has 0 spiro atoms. The zero-order valence-electron chi connectivity index (χ0n) is 15.2. The predicted molar refractivity (Wildman–Crippen MR) is 90.6 cm³/mol. The Hall–Kier alpha value is -2.08. The van der Waals surface area contributed by atoms with Gasteiger partial charge < -0.3 is 4.74 Å². The molecule has 1 aliphatic carbocycles. The van der Waals surface area contributed by atoms with Crippen molar-refractivity contribution in [1.82, 2.24) is 0 Å². The molecule has 25 heavy (non-hydrogen) atoms. The van der Waals surface area contributed by atoms with E-state index in [0.29, 0.717) is 11.5 Å². The van der Waals surface area contributed by atoms with E-state index in [0.717, 1.165) is 24.8 Å². The first-order valence-corrected chi connectivity index (χ1v) is 8.74. The normalized spacial score (nSPS) is 23.2. The minimum Gasteiger partial charge on any atom is -0.428 e. The molecule has 2 rings (SSSR count). The van der Waals surface area contributed by atoms with Gasteiger partial charge in [0.1, 0.15) is 6.10 Å². The van der Waals surface area contributed by atoms with Crippen molar-refractivity contribution in [2.75, 3.05) is 0 Å². The Morgan fingerprint density at radius 2 is 1.60 bits per heavy atom. The Balaban J connectivity index is 1.75. The maximum absolute atomic E-state index is 11.8. The number of ether oxygens (including phenoxy) is 1. The van der Waals surface area contributed by atoms with Crippen LogP contribution in [0.25, 0.3) is 0 Å². The van der Waals surface area contributed by atoms with E-state index < -0.39 is 12.1 Å². The van der Waals surface area contributed by atoms with Gasteiger partial charge in [0, 0.05) is 0 Å². The highest BCUT2D eigenvalue weighted by atomic mass is 17.5. The summed E-state index contributed by atoms with van der Waals surface area (Å²) in [4.78, 5) is 32.4. The van der Waals surface area contributed by atoms with Crippen molar-refractivity contribution in [2.24, 2.45) is 11.8 Å². The Labute approximate surface area is 148 Å².